The van der Waals surface area contributed by atoms with Crippen molar-refractivity contribution in [2.45, 2.75) is 0 Å². The second-order valence-corrected chi connectivity index (χ2v) is 6.97. The topological polar surface area (TPSA) is 54.5 Å². The molecule has 1 aromatic heterocycles. The van der Waals surface area contributed by atoms with Crippen LogP contribution in [0.1, 0.15) is 21.5 Å². The maximum Gasteiger partial charge on any atom is 0.198 e. The first-order valence-corrected chi connectivity index (χ1v) is 9.42. The van der Waals surface area contributed by atoms with Crippen LogP contribution < -0.4 is 10.1 Å². The Kier molecular flexibility index (Phi) is 6.96. The lowest BCUT2D eigenvalue weighted by Crippen LogP contribution is -2.10. The Bertz CT molecular complexity index is 1150. The molecular weight excluding hydrogens is 400 g/mol. The minimum absolute atomic E-state index is 0.0821. The van der Waals surface area contributed by atoms with E-state index in [9.17, 15) is 13.6 Å². The van der Waals surface area contributed by atoms with Crippen molar-refractivity contribution in [2.24, 2.45) is 0 Å². The minimum atomic E-state index is -0.737. The van der Waals surface area contributed by atoms with Crippen LogP contribution in [-0.4, -0.2) is 43.4 Å². The SMILES string of the molecule is COc1ccc(C#CCN(C)C)cc1C(=O)c1ccc(Nc2ccc(F)cc2F)nc1. The third-order valence-corrected chi connectivity index (χ3v) is 4.29. The number of hydrogen-bond donors (Lipinski definition) is 1. The second-order valence-electron chi connectivity index (χ2n) is 6.97. The number of aromatic nitrogens is 1. The number of nitrogens with one attached hydrogen (secondary N) is 1. The zero-order chi connectivity index (χ0) is 22.4. The summed E-state index contributed by atoms with van der Waals surface area (Å²) in [5.41, 5.74) is 1.48. The molecule has 0 atom stereocenters. The molecule has 0 saturated carbocycles. The number of methoxy groups -OCH3 is 1. The van der Waals surface area contributed by atoms with Crippen LogP contribution in [0.25, 0.3) is 0 Å². The van der Waals surface area contributed by atoms with E-state index >= 15 is 0 Å². The van der Waals surface area contributed by atoms with E-state index in [1.165, 1.54) is 19.4 Å². The lowest BCUT2D eigenvalue weighted by molar-refractivity contribution is 0.103. The first-order chi connectivity index (χ1) is 14.9. The number of carbonyl (C=O) groups is 1. The molecule has 0 saturated heterocycles. The molecule has 0 aliphatic heterocycles. The van der Waals surface area contributed by atoms with E-state index in [1.807, 2.05) is 19.0 Å². The van der Waals surface area contributed by atoms with Crippen molar-refractivity contribution in [3.8, 4) is 17.6 Å². The van der Waals surface area contributed by atoms with E-state index < -0.39 is 11.6 Å². The van der Waals surface area contributed by atoms with Crippen molar-refractivity contribution in [2.75, 3.05) is 33.1 Å². The Morgan fingerprint density at radius 2 is 1.94 bits per heavy atom. The molecule has 7 heteroatoms. The maximum absolute atomic E-state index is 13.8. The predicted octanol–water partition coefficient (Wildman–Crippen LogP) is 4.26. The monoisotopic (exact) mass is 421 g/mol. The van der Waals surface area contributed by atoms with Gasteiger partial charge in [0.1, 0.15) is 23.2 Å². The van der Waals surface area contributed by atoms with Crippen molar-refractivity contribution >= 4 is 17.3 Å². The van der Waals surface area contributed by atoms with E-state index in [1.54, 1.807) is 30.3 Å². The Morgan fingerprint density at radius 1 is 1.13 bits per heavy atom. The van der Waals surface area contributed by atoms with Crippen molar-refractivity contribution in [1.82, 2.24) is 9.88 Å². The Hall–Kier alpha value is -3.76. The number of benzene rings is 2. The summed E-state index contributed by atoms with van der Waals surface area (Å²) in [4.78, 5) is 19.1. The molecule has 0 aliphatic rings. The van der Waals surface area contributed by atoms with Crippen LogP contribution in [0.3, 0.4) is 0 Å². The number of halogens is 2. The Balaban J connectivity index is 1.82. The summed E-state index contributed by atoms with van der Waals surface area (Å²) in [6.07, 6.45) is 1.38. The molecule has 0 bridgehead atoms. The normalized spacial score (nSPS) is 10.4. The summed E-state index contributed by atoms with van der Waals surface area (Å²) < 4.78 is 32.2. The van der Waals surface area contributed by atoms with E-state index in [2.05, 4.69) is 22.1 Å². The van der Waals surface area contributed by atoms with Crippen LogP contribution in [0.4, 0.5) is 20.3 Å². The summed E-state index contributed by atoms with van der Waals surface area (Å²) in [5, 5.41) is 2.76. The molecule has 5 nitrogen and oxygen atoms in total. The number of carbonyl (C=O) groups excluding carboxylic acids is 1. The van der Waals surface area contributed by atoms with Crippen molar-refractivity contribution in [3.63, 3.8) is 0 Å². The van der Waals surface area contributed by atoms with Gasteiger partial charge in [-0.05, 0) is 56.6 Å². The van der Waals surface area contributed by atoms with E-state index in [-0.39, 0.29) is 11.5 Å². The van der Waals surface area contributed by atoms with Gasteiger partial charge < -0.3 is 10.1 Å². The van der Waals surface area contributed by atoms with Gasteiger partial charge in [-0.2, -0.15) is 0 Å². The molecule has 1 N–H and O–H groups in total. The molecule has 31 heavy (non-hydrogen) atoms. The molecule has 0 spiro atoms. The van der Waals surface area contributed by atoms with Gasteiger partial charge in [0.2, 0.25) is 0 Å². The number of anilines is 2. The first-order valence-electron chi connectivity index (χ1n) is 9.42. The summed E-state index contributed by atoms with van der Waals surface area (Å²) in [7, 11) is 5.34. The van der Waals surface area contributed by atoms with Crippen LogP contribution in [0.5, 0.6) is 5.75 Å². The number of pyridine rings is 1. The standard InChI is InChI=1S/C24H21F2N3O2/c1-29(2)12-4-5-16-6-10-22(31-3)19(13-16)24(30)17-7-11-23(27-15-17)28-21-9-8-18(25)14-20(21)26/h6-11,13-15H,12H2,1-3H3,(H,27,28). The maximum atomic E-state index is 13.8. The Morgan fingerprint density at radius 3 is 2.58 bits per heavy atom. The summed E-state index contributed by atoms with van der Waals surface area (Å²) in [5.74, 6) is 5.13. The van der Waals surface area contributed by atoms with Gasteiger partial charge in [0.25, 0.3) is 0 Å². The highest BCUT2D eigenvalue weighted by atomic mass is 19.1. The number of rotatable bonds is 6. The third kappa shape index (κ3) is 5.65. The molecule has 0 fully saturated rings. The van der Waals surface area contributed by atoms with Crippen molar-refractivity contribution in [3.05, 3.63) is 83.1 Å². The molecule has 0 unspecified atom stereocenters. The highest BCUT2D eigenvalue weighted by molar-refractivity contribution is 6.10. The fourth-order valence-electron chi connectivity index (χ4n) is 2.75. The quantitative estimate of drug-likeness (QED) is 0.476. The molecule has 158 valence electrons. The second kappa shape index (κ2) is 9.83. The van der Waals surface area contributed by atoms with Crippen LogP contribution in [0.2, 0.25) is 0 Å². The molecule has 0 aliphatic carbocycles. The highest BCUT2D eigenvalue weighted by Crippen LogP contribution is 2.24. The molecular formula is C24H21F2N3O2. The van der Waals surface area contributed by atoms with Gasteiger partial charge in [-0.15, -0.1) is 0 Å². The van der Waals surface area contributed by atoms with Gasteiger partial charge in [-0.3, -0.25) is 9.69 Å². The number of hydrogen-bond acceptors (Lipinski definition) is 5. The third-order valence-electron chi connectivity index (χ3n) is 4.29. The lowest BCUT2D eigenvalue weighted by Gasteiger charge is -2.10. The number of ether oxygens (including phenoxy) is 1. The van der Waals surface area contributed by atoms with Gasteiger partial charge in [0.15, 0.2) is 5.78 Å². The average Bonchev–Trinajstić information content (AvgIpc) is 2.75. The van der Waals surface area contributed by atoms with E-state index in [0.717, 1.165) is 12.1 Å². The van der Waals surface area contributed by atoms with Crippen LogP contribution in [0.15, 0.2) is 54.7 Å². The van der Waals surface area contributed by atoms with Gasteiger partial charge in [0, 0.05) is 23.4 Å². The van der Waals surface area contributed by atoms with Crippen LogP contribution in [-0.2, 0) is 0 Å². The predicted molar refractivity (Wildman–Crippen MR) is 116 cm³/mol. The number of ketones is 1. The van der Waals surface area contributed by atoms with Crippen LogP contribution >= 0.6 is 0 Å². The lowest BCUT2D eigenvalue weighted by atomic mass is 10.0. The van der Waals surface area contributed by atoms with Gasteiger partial charge in [-0.25, -0.2) is 13.8 Å². The van der Waals surface area contributed by atoms with Gasteiger partial charge in [0.05, 0.1) is 24.9 Å². The average molecular weight is 421 g/mol. The fourth-order valence-corrected chi connectivity index (χ4v) is 2.75. The number of nitrogens with zero attached hydrogens (tertiary/aromatic N) is 2. The zero-order valence-electron chi connectivity index (χ0n) is 17.4. The van der Waals surface area contributed by atoms with Gasteiger partial charge >= 0.3 is 0 Å². The molecule has 2 aromatic carbocycles. The van der Waals surface area contributed by atoms with E-state index in [4.69, 9.17) is 4.74 Å². The van der Waals surface area contributed by atoms with E-state index in [0.29, 0.717) is 34.8 Å². The fraction of sp³-hybridized carbons (Fsp3) is 0.167. The highest BCUT2D eigenvalue weighted by Gasteiger charge is 2.16. The molecule has 3 aromatic rings. The zero-order valence-corrected chi connectivity index (χ0v) is 17.4. The molecule has 1 heterocycles. The summed E-state index contributed by atoms with van der Waals surface area (Å²) in [6, 6.07) is 11.5. The first kappa shape index (κ1) is 21.9. The summed E-state index contributed by atoms with van der Waals surface area (Å²) in [6.45, 7) is 0.600. The molecule has 0 amide bonds. The minimum Gasteiger partial charge on any atom is -0.496 e. The van der Waals surface area contributed by atoms with Crippen LogP contribution in [0, 0.1) is 23.5 Å². The van der Waals surface area contributed by atoms with Gasteiger partial charge in [-0.1, -0.05) is 11.8 Å². The van der Waals surface area contributed by atoms with Crippen molar-refractivity contribution in [1.29, 1.82) is 0 Å². The van der Waals surface area contributed by atoms with Crippen molar-refractivity contribution < 1.29 is 18.3 Å². The molecule has 0 radical (unpaired) electrons. The smallest absolute Gasteiger partial charge is 0.198 e. The largest absolute Gasteiger partial charge is 0.496 e. The summed E-state index contributed by atoms with van der Waals surface area (Å²) >= 11 is 0. The molecule has 3 rings (SSSR count). The Labute approximate surface area is 179 Å².